The maximum absolute atomic E-state index is 13.4. The fourth-order valence-corrected chi connectivity index (χ4v) is 5.41. The number of para-hydroxylation sites is 2. The molecule has 0 aliphatic carbocycles. The molecule has 0 saturated heterocycles. The average molecular weight is 457 g/mol. The maximum atomic E-state index is 13.4. The summed E-state index contributed by atoms with van der Waals surface area (Å²) < 4.78 is 37.9. The van der Waals surface area contributed by atoms with E-state index in [-0.39, 0.29) is 10.3 Å². The molecule has 164 valence electrons. The van der Waals surface area contributed by atoms with E-state index in [2.05, 4.69) is 9.73 Å². The van der Waals surface area contributed by atoms with Crippen molar-refractivity contribution in [2.75, 3.05) is 0 Å². The van der Waals surface area contributed by atoms with Crippen LogP contribution in [0, 0.1) is 5.92 Å². The summed E-state index contributed by atoms with van der Waals surface area (Å²) in [7, 11) is 0. The zero-order valence-corrected chi connectivity index (χ0v) is 17.5. The Bertz CT molecular complexity index is 1420. The molecule has 2 bridgehead atoms. The van der Waals surface area contributed by atoms with E-state index in [1.165, 1.54) is 16.7 Å². The summed E-state index contributed by atoms with van der Waals surface area (Å²) >= 11 is 1.08. The minimum atomic E-state index is -3.00. The highest BCUT2D eigenvalue weighted by atomic mass is 32.1. The van der Waals surface area contributed by atoms with Gasteiger partial charge in [0.25, 0.3) is 5.56 Å². The van der Waals surface area contributed by atoms with Crippen molar-refractivity contribution < 1.29 is 23.0 Å². The SMILES string of the molecule is C[C@@]12N=c3s/c(=C\c4ccccc4OC(F)F)c(=O)n3[C@H](c3ccccc3O1)[C@@H]2C(N)=O. The van der Waals surface area contributed by atoms with Crippen LogP contribution in [0.25, 0.3) is 6.08 Å². The molecule has 0 saturated carbocycles. The van der Waals surface area contributed by atoms with E-state index in [0.717, 1.165) is 11.3 Å². The molecule has 0 spiro atoms. The average Bonchev–Trinajstić information content (AvgIpc) is 3.02. The molecule has 7 nitrogen and oxygen atoms in total. The van der Waals surface area contributed by atoms with Crippen LogP contribution in [0.3, 0.4) is 0 Å². The van der Waals surface area contributed by atoms with Crippen LogP contribution in [0.4, 0.5) is 8.78 Å². The van der Waals surface area contributed by atoms with E-state index < -0.39 is 35.8 Å². The van der Waals surface area contributed by atoms with Crippen LogP contribution in [0.15, 0.2) is 58.3 Å². The van der Waals surface area contributed by atoms with Gasteiger partial charge in [0, 0.05) is 11.1 Å². The summed E-state index contributed by atoms with van der Waals surface area (Å²) in [5.41, 5.74) is 5.00. The lowest BCUT2D eigenvalue weighted by atomic mass is 9.81. The van der Waals surface area contributed by atoms with E-state index in [0.29, 0.717) is 21.7 Å². The van der Waals surface area contributed by atoms with Gasteiger partial charge in [0.05, 0.1) is 10.6 Å². The van der Waals surface area contributed by atoms with Gasteiger partial charge in [-0.15, -0.1) is 0 Å². The Morgan fingerprint density at radius 1 is 1.28 bits per heavy atom. The highest BCUT2D eigenvalue weighted by molar-refractivity contribution is 7.07. The second-order valence-corrected chi connectivity index (χ2v) is 8.63. The smallest absolute Gasteiger partial charge is 0.387 e. The third-order valence-electron chi connectivity index (χ3n) is 5.61. The van der Waals surface area contributed by atoms with Crippen molar-refractivity contribution in [1.29, 1.82) is 0 Å². The van der Waals surface area contributed by atoms with Crippen LogP contribution in [0.1, 0.15) is 24.1 Å². The lowest BCUT2D eigenvalue weighted by molar-refractivity contribution is -0.133. The Balaban J connectivity index is 1.76. The molecule has 2 aliphatic heterocycles. The zero-order valence-electron chi connectivity index (χ0n) is 16.7. The summed E-state index contributed by atoms with van der Waals surface area (Å²) in [6.45, 7) is -1.34. The van der Waals surface area contributed by atoms with E-state index in [1.54, 1.807) is 49.4 Å². The number of ether oxygens (including phenoxy) is 2. The summed E-state index contributed by atoms with van der Waals surface area (Å²) in [5, 5.41) is 0. The predicted molar refractivity (Wildman–Crippen MR) is 112 cm³/mol. The molecule has 0 unspecified atom stereocenters. The minimum Gasteiger partial charge on any atom is -0.465 e. The molecule has 0 fully saturated rings. The molecule has 1 amide bonds. The number of primary amides is 1. The van der Waals surface area contributed by atoms with Gasteiger partial charge in [-0.05, 0) is 25.1 Å². The first kappa shape index (κ1) is 20.4. The van der Waals surface area contributed by atoms with Crippen LogP contribution in [0.2, 0.25) is 0 Å². The molecule has 32 heavy (non-hydrogen) atoms. The Kier molecular flexibility index (Phi) is 4.63. The number of hydrogen-bond donors (Lipinski definition) is 1. The highest BCUT2D eigenvalue weighted by Crippen LogP contribution is 2.46. The predicted octanol–water partition coefficient (Wildman–Crippen LogP) is 1.77. The molecule has 5 rings (SSSR count). The third-order valence-corrected chi connectivity index (χ3v) is 6.59. The number of alkyl halides is 2. The van der Waals surface area contributed by atoms with E-state index in [9.17, 15) is 18.4 Å². The number of fused-ring (bicyclic) bond motifs is 6. The lowest BCUT2D eigenvalue weighted by Crippen LogP contribution is -2.59. The summed E-state index contributed by atoms with van der Waals surface area (Å²) in [5.74, 6) is -1.07. The number of halogens is 2. The number of nitrogens with two attached hydrogens (primary N) is 1. The quantitative estimate of drug-likeness (QED) is 0.646. The van der Waals surface area contributed by atoms with Crippen LogP contribution < -0.4 is 30.1 Å². The number of nitrogens with zero attached hydrogens (tertiary/aromatic N) is 2. The first-order valence-corrected chi connectivity index (χ1v) is 10.5. The van der Waals surface area contributed by atoms with Crippen molar-refractivity contribution in [2.45, 2.75) is 25.3 Å². The number of aromatic nitrogens is 1. The normalized spacial score (nSPS) is 23.7. The molecular formula is C22H17F2N3O4S. The van der Waals surface area contributed by atoms with Gasteiger partial charge >= 0.3 is 6.61 Å². The number of hydrogen-bond acceptors (Lipinski definition) is 6. The van der Waals surface area contributed by atoms with Gasteiger partial charge in [0.15, 0.2) is 4.80 Å². The molecule has 2 N–H and O–H groups in total. The minimum absolute atomic E-state index is 0.0513. The number of amides is 1. The largest absolute Gasteiger partial charge is 0.465 e. The fraction of sp³-hybridized carbons (Fsp3) is 0.227. The molecular weight excluding hydrogens is 440 g/mol. The Labute approximate surface area is 184 Å². The highest BCUT2D eigenvalue weighted by Gasteiger charge is 2.54. The number of carbonyl (C=O) groups excluding carboxylic acids is 1. The topological polar surface area (TPSA) is 95.9 Å². The van der Waals surface area contributed by atoms with Crippen molar-refractivity contribution in [3.05, 3.63) is 79.3 Å². The van der Waals surface area contributed by atoms with Gasteiger partial charge in [-0.2, -0.15) is 8.78 Å². The van der Waals surface area contributed by atoms with Crippen LogP contribution in [-0.2, 0) is 4.79 Å². The molecule has 2 aromatic carbocycles. The maximum Gasteiger partial charge on any atom is 0.387 e. The monoisotopic (exact) mass is 457 g/mol. The summed E-state index contributed by atoms with van der Waals surface area (Å²) in [4.78, 5) is 30.8. The van der Waals surface area contributed by atoms with Gasteiger partial charge in [0.2, 0.25) is 11.6 Å². The van der Waals surface area contributed by atoms with Gasteiger partial charge in [0.1, 0.15) is 17.4 Å². The molecule has 1 aromatic heterocycles. The molecule has 10 heteroatoms. The second kappa shape index (κ2) is 7.27. The van der Waals surface area contributed by atoms with Crippen molar-refractivity contribution in [1.82, 2.24) is 4.57 Å². The molecule has 3 heterocycles. The van der Waals surface area contributed by atoms with Gasteiger partial charge < -0.3 is 15.2 Å². The van der Waals surface area contributed by atoms with E-state index >= 15 is 0 Å². The number of rotatable bonds is 4. The van der Waals surface area contributed by atoms with E-state index in [1.807, 2.05) is 0 Å². The first-order chi connectivity index (χ1) is 15.3. The van der Waals surface area contributed by atoms with Crippen molar-refractivity contribution in [3.63, 3.8) is 0 Å². The molecule has 2 aliphatic rings. The van der Waals surface area contributed by atoms with Crippen molar-refractivity contribution in [2.24, 2.45) is 16.6 Å². The van der Waals surface area contributed by atoms with Gasteiger partial charge in [-0.1, -0.05) is 47.7 Å². The van der Waals surface area contributed by atoms with Crippen LogP contribution in [0.5, 0.6) is 11.5 Å². The van der Waals surface area contributed by atoms with Gasteiger partial charge in [-0.3, -0.25) is 14.2 Å². The van der Waals surface area contributed by atoms with Crippen molar-refractivity contribution in [3.8, 4) is 11.5 Å². The standard InChI is InChI=1S/C22H17F2N3O4S/c1-22-16(18(25)28)17(12-7-3-5-9-14(12)31-22)27-19(29)15(32-21(27)26-22)10-11-6-2-4-8-13(11)30-20(23)24/h2-10,16-17,20H,1H3,(H2,25,28)/b15-10-/t16-,17-,22-/m1/s1. The van der Waals surface area contributed by atoms with E-state index in [4.69, 9.17) is 10.5 Å². The molecule has 3 atom stereocenters. The van der Waals surface area contributed by atoms with Crippen molar-refractivity contribution >= 4 is 23.3 Å². The lowest BCUT2D eigenvalue weighted by Gasteiger charge is -2.44. The number of thiazole rings is 1. The summed E-state index contributed by atoms with van der Waals surface area (Å²) in [6.07, 6.45) is 1.48. The first-order valence-electron chi connectivity index (χ1n) is 9.72. The fourth-order valence-electron chi connectivity index (χ4n) is 4.32. The number of benzene rings is 2. The zero-order chi connectivity index (χ0) is 22.6. The Hall–Kier alpha value is -3.53. The summed E-state index contributed by atoms with van der Waals surface area (Å²) in [6, 6.07) is 12.6. The van der Waals surface area contributed by atoms with Crippen LogP contribution in [-0.4, -0.2) is 22.8 Å². The molecule has 3 aromatic rings. The third kappa shape index (κ3) is 3.10. The van der Waals surface area contributed by atoms with Crippen LogP contribution >= 0.6 is 11.3 Å². The second-order valence-electron chi connectivity index (χ2n) is 7.62. The Morgan fingerprint density at radius 2 is 2.00 bits per heavy atom. The number of carbonyl (C=O) groups is 1. The molecule has 0 radical (unpaired) electrons. The van der Waals surface area contributed by atoms with Gasteiger partial charge in [-0.25, -0.2) is 4.99 Å². The Morgan fingerprint density at radius 3 is 2.75 bits per heavy atom.